The fraction of sp³-hybridized carbons (Fsp3) is 0.643. The first-order valence-corrected chi connectivity index (χ1v) is 7.63. The second kappa shape index (κ2) is 5.92. The van der Waals surface area contributed by atoms with E-state index in [1.807, 2.05) is 6.92 Å². The standard InChI is InChI=1S/C14H22N2O2S/c1-10-11(15)7-12(19-10)13(18)16-8-14(9-17)5-3-2-4-6-14/h7,17H,2-6,8-9,15H2,1H3,(H,16,18). The van der Waals surface area contributed by atoms with E-state index in [9.17, 15) is 9.90 Å². The summed E-state index contributed by atoms with van der Waals surface area (Å²) in [4.78, 5) is 13.7. The van der Waals surface area contributed by atoms with E-state index in [0.717, 1.165) is 30.6 Å². The summed E-state index contributed by atoms with van der Waals surface area (Å²) in [5.41, 5.74) is 6.31. The Labute approximate surface area is 118 Å². The smallest absolute Gasteiger partial charge is 0.261 e. The Hall–Kier alpha value is -1.07. The zero-order valence-electron chi connectivity index (χ0n) is 11.4. The third-order valence-electron chi connectivity index (χ3n) is 4.05. The molecule has 0 aromatic carbocycles. The van der Waals surface area contributed by atoms with Gasteiger partial charge in [0.15, 0.2) is 0 Å². The minimum atomic E-state index is -0.119. The van der Waals surface area contributed by atoms with Crippen molar-refractivity contribution in [3.8, 4) is 0 Å². The average Bonchev–Trinajstić information content (AvgIpc) is 2.77. The van der Waals surface area contributed by atoms with Crippen LogP contribution in [0, 0.1) is 12.3 Å². The molecular formula is C14H22N2O2S. The molecule has 1 fully saturated rings. The Bertz CT molecular complexity index is 431. The van der Waals surface area contributed by atoms with Crippen LogP contribution in [0.25, 0.3) is 0 Å². The maximum Gasteiger partial charge on any atom is 0.261 e. The molecule has 1 amide bonds. The minimum absolute atomic E-state index is 0.0804. The molecule has 1 aromatic rings. The van der Waals surface area contributed by atoms with Crippen LogP contribution in [-0.2, 0) is 0 Å². The molecular weight excluding hydrogens is 260 g/mol. The fourth-order valence-electron chi connectivity index (χ4n) is 2.66. The van der Waals surface area contributed by atoms with Gasteiger partial charge in [-0.25, -0.2) is 0 Å². The molecule has 1 aromatic heterocycles. The highest BCUT2D eigenvalue weighted by Crippen LogP contribution is 2.35. The lowest BCUT2D eigenvalue weighted by Crippen LogP contribution is -2.41. The Morgan fingerprint density at radius 2 is 2.16 bits per heavy atom. The Kier molecular flexibility index (Phi) is 4.47. The van der Waals surface area contributed by atoms with E-state index in [1.54, 1.807) is 6.07 Å². The molecule has 1 saturated carbocycles. The van der Waals surface area contributed by atoms with E-state index in [0.29, 0.717) is 17.1 Å². The van der Waals surface area contributed by atoms with E-state index < -0.39 is 0 Å². The van der Waals surface area contributed by atoms with Crippen LogP contribution in [0.5, 0.6) is 0 Å². The lowest BCUT2D eigenvalue weighted by molar-refractivity contribution is 0.0720. The van der Waals surface area contributed by atoms with Gasteiger partial charge in [-0.1, -0.05) is 19.3 Å². The van der Waals surface area contributed by atoms with Crippen LogP contribution in [0.2, 0.25) is 0 Å². The molecule has 106 valence electrons. The molecule has 0 aliphatic heterocycles. The second-order valence-corrected chi connectivity index (χ2v) is 6.78. The number of anilines is 1. The Morgan fingerprint density at radius 1 is 1.47 bits per heavy atom. The number of rotatable bonds is 4. The predicted octanol–water partition coefficient (Wildman–Crippen LogP) is 2.31. The number of carbonyl (C=O) groups excluding carboxylic acids is 1. The maximum absolute atomic E-state index is 12.1. The summed E-state index contributed by atoms with van der Waals surface area (Å²) in [6.45, 7) is 2.62. The topological polar surface area (TPSA) is 75.3 Å². The van der Waals surface area contributed by atoms with Crippen LogP contribution in [0.15, 0.2) is 6.07 Å². The first-order chi connectivity index (χ1) is 9.06. The first kappa shape index (κ1) is 14.3. The summed E-state index contributed by atoms with van der Waals surface area (Å²) in [6.07, 6.45) is 5.50. The van der Waals surface area contributed by atoms with Crippen molar-refractivity contribution >= 4 is 22.9 Å². The highest BCUT2D eigenvalue weighted by Gasteiger charge is 2.31. The summed E-state index contributed by atoms with van der Waals surface area (Å²) in [5, 5.41) is 12.6. The average molecular weight is 282 g/mol. The third kappa shape index (κ3) is 3.28. The number of aryl methyl sites for hydroxylation is 1. The summed E-state index contributed by atoms with van der Waals surface area (Å²) in [6, 6.07) is 1.72. The number of amides is 1. The summed E-state index contributed by atoms with van der Waals surface area (Å²) in [5.74, 6) is -0.0804. The number of aliphatic hydroxyl groups excluding tert-OH is 1. The Morgan fingerprint density at radius 3 is 2.68 bits per heavy atom. The summed E-state index contributed by atoms with van der Waals surface area (Å²) >= 11 is 1.42. The molecule has 4 nitrogen and oxygen atoms in total. The molecule has 0 spiro atoms. The van der Waals surface area contributed by atoms with E-state index in [1.165, 1.54) is 17.8 Å². The van der Waals surface area contributed by atoms with Gasteiger partial charge in [-0.2, -0.15) is 0 Å². The number of hydrogen-bond acceptors (Lipinski definition) is 4. The van der Waals surface area contributed by atoms with Crippen molar-refractivity contribution in [3.05, 3.63) is 15.8 Å². The number of nitrogen functional groups attached to an aromatic ring is 1. The minimum Gasteiger partial charge on any atom is -0.398 e. The van der Waals surface area contributed by atoms with Crippen molar-refractivity contribution in [3.63, 3.8) is 0 Å². The SMILES string of the molecule is Cc1sc(C(=O)NCC2(CO)CCCCC2)cc1N. The van der Waals surface area contributed by atoms with Crippen molar-refractivity contribution in [2.45, 2.75) is 39.0 Å². The van der Waals surface area contributed by atoms with E-state index in [4.69, 9.17) is 5.73 Å². The predicted molar refractivity (Wildman–Crippen MR) is 78.4 cm³/mol. The van der Waals surface area contributed by atoms with Gasteiger partial charge < -0.3 is 16.2 Å². The quantitative estimate of drug-likeness (QED) is 0.793. The molecule has 0 atom stereocenters. The molecule has 2 rings (SSSR count). The van der Waals surface area contributed by atoms with Crippen LogP contribution in [0.3, 0.4) is 0 Å². The highest BCUT2D eigenvalue weighted by atomic mass is 32.1. The van der Waals surface area contributed by atoms with Crippen LogP contribution in [-0.4, -0.2) is 24.2 Å². The monoisotopic (exact) mass is 282 g/mol. The zero-order valence-corrected chi connectivity index (χ0v) is 12.2. The van der Waals surface area contributed by atoms with Gasteiger partial charge in [0.1, 0.15) is 0 Å². The summed E-state index contributed by atoms with van der Waals surface area (Å²) in [7, 11) is 0. The van der Waals surface area contributed by atoms with Gasteiger partial charge in [0.25, 0.3) is 5.91 Å². The summed E-state index contributed by atoms with van der Waals surface area (Å²) < 4.78 is 0. The van der Waals surface area contributed by atoms with Crippen molar-refractivity contribution in [2.75, 3.05) is 18.9 Å². The van der Waals surface area contributed by atoms with Gasteiger partial charge in [0, 0.05) is 22.5 Å². The van der Waals surface area contributed by atoms with Crippen molar-refractivity contribution in [2.24, 2.45) is 5.41 Å². The molecule has 4 N–H and O–H groups in total. The van der Waals surface area contributed by atoms with Crippen molar-refractivity contribution < 1.29 is 9.90 Å². The Balaban J connectivity index is 1.95. The number of carbonyl (C=O) groups is 1. The molecule has 1 heterocycles. The molecule has 1 aliphatic carbocycles. The van der Waals surface area contributed by atoms with Crippen LogP contribution >= 0.6 is 11.3 Å². The van der Waals surface area contributed by atoms with E-state index in [-0.39, 0.29) is 17.9 Å². The number of hydrogen-bond donors (Lipinski definition) is 3. The largest absolute Gasteiger partial charge is 0.398 e. The number of nitrogens with one attached hydrogen (secondary N) is 1. The number of aliphatic hydroxyl groups is 1. The molecule has 0 bridgehead atoms. The molecule has 0 unspecified atom stereocenters. The maximum atomic E-state index is 12.1. The molecule has 5 heteroatoms. The third-order valence-corrected chi connectivity index (χ3v) is 5.12. The van der Waals surface area contributed by atoms with Gasteiger partial charge in [0.05, 0.1) is 11.5 Å². The van der Waals surface area contributed by atoms with Gasteiger partial charge in [-0.3, -0.25) is 4.79 Å². The normalized spacial score (nSPS) is 18.2. The highest BCUT2D eigenvalue weighted by molar-refractivity contribution is 7.14. The molecule has 0 radical (unpaired) electrons. The van der Waals surface area contributed by atoms with Crippen molar-refractivity contribution in [1.29, 1.82) is 0 Å². The van der Waals surface area contributed by atoms with Crippen molar-refractivity contribution in [1.82, 2.24) is 5.32 Å². The van der Waals surface area contributed by atoms with E-state index in [2.05, 4.69) is 5.32 Å². The second-order valence-electron chi connectivity index (χ2n) is 5.52. The lowest BCUT2D eigenvalue weighted by atomic mass is 9.74. The van der Waals surface area contributed by atoms with Gasteiger partial charge in [-0.05, 0) is 25.8 Å². The molecule has 19 heavy (non-hydrogen) atoms. The number of thiophene rings is 1. The molecule has 1 aliphatic rings. The van der Waals surface area contributed by atoms with Crippen LogP contribution in [0.4, 0.5) is 5.69 Å². The molecule has 0 saturated heterocycles. The van der Waals surface area contributed by atoms with Gasteiger partial charge in [-0.15, -0.1) is 11.3 Å². The fourth-order valence-corrected chi connectivity index (χ4v) is 3.51. The first-order valence-electron chi connectivity index (χ1n) is 6.81. The van der Waals surface area contributed by atoms with Gasteiger partial charge >= 0.3 is 0 Å². The zero-order chi connectivity index (χ0) is 13.9. The van der Waals surface area contributed by atoms with Gasteiger partial charge in [0.2, 0.25) is 0 Å². The van der Waals surface area contributed by atoms with Crippen LogP contribution in [0.1, 0.15) is 46.7 Å². The number of nitrogens with two attached hydrogens (primary N) is 1. The van der Waals surface area contributed by atoms with Crippen LogP contribution < -0.4 is 11.1 Å². The lowest BCUT2D eigenvalue weighted by Gasteiger charge is -2.35. The van der Waals surface area contributed by atoms with E-state index >= 15 is 0 Å².